The highest BCUT2D eigenvalue weighted by atomic mass is 16.4. The Balaban J connectivity index is 1.90. The third kappa shape index (κ3) is 2.78. The van der Waals surface area contributed by atoms with Crippen molar-refractivity contribution in [3.8, 4) is 0 Å². The Hall–Kier alpha value is -0.810. The van der Waals surface area contributed by atoms with Gasteiger partial charge in [0.2, 0.25) is 0 Å². The molecule has 1 aliphatic carbocycles. The van der Waals surface area contributed by atoms with Gasteiger partial charge in [0.05, 0.1) is 5.60 Å². The van der Waals surface area contributed by atoms with E-state index in [2.05, 4.69) is 10.1 Å². The zero-order valence-corrected chi connectivity index (χ0v) is 11.2. The van der Waals surface area contributed by atoms with Crippen LogP contribution in [0.3, 0.4) is 0 Å². The molecule has 1 saturated carbocycles. The van der Waals surface area contributed by atoms with E-state index >= 15 is 0 Å². The summed E-state index contributed by atoms with van der Waals surface area (Å²) in [6.07, 6.45) is 5.34. The molecule has 0 radical (unpaired) electrons. The lowest BCUT2D eigenvalue weighted by atomic mass is 9.71. The van der Waals surface area contributed by atoms with Crippen LogP contribution in [0.1, 0.15) is 39.0 Å². The van der Waals surface area contributed by atoms with Crippen molar-refractivity contribution < 1.29 is 10.3 Å². The van der Waals surface area contributed by atoms with Gasteiger partial charge in [0.25, 0.3) is 0 Å². The van der Waals surface area contributed by atoms with Crippen LogP contribution < -0.4 is 5.73 Å². The van der Waals surface area contributed by atoms with Gasteiger partial charge in [0.15, 0.2) is 0 Å². The fourth-order valence-electron chi connectivity index (χ4n) is 3.38. The minimum Gasteiger partial charge on any atom is -0.409 e. The summed E-state index contributed by atoms with van der Waals surface area (Å²) in [5.74, 6) is 0.753. The first-order valence-electron chi connectivity index (χ1n) is 6.97. The molecular formula is C13H25N3O2. The number of oxime groups is 1. The lowest BCUT2D eigenvalue weighted by Crippen LogP contribution is -2.54. The summed E-state index contributed by atoms with van der Waals surface area (Å²) in [7, 11) is 0. The quantitative estimate of drug-likeness (QED) is 0.304. The van der Waals surface area contributed by atoms with Gasteiger partial charge >= 0.3 is 0 Å². The second-order valence-electron chi connectivity index (χ2n) is 5.98. The number of piperidine rings is 1. The zero-order valence-electron chi connectivity index (χ0n) is 11.2. The first-order valence-corrected chi connectivity index (χ1v) is 6.97. The summed E-state index contributed by atoms with van der Waals surface area (Å²) >= 11 is 0. The van der Waals surface area contributed by atoms with E-state index in [0.29, 0.717) is 11.8 Å². The molecule has 1 aliphatic heterocycles. The van der Waals surface area contributed by atoms with Crippen molar-refractivity contribution in [2.24, 2.45) is 22.7 Å². The molecule has 5 nitrogen and oxygen atoms in total. The van der Waals surface area contributed by atoms with Crippen molar-refractivity contribution in [2.75, 3.05) is 19.6 Å². The van der Waals surface area contributed by atoms with Gasteiger partial charge < -0.3 is 20.9 Å². The fourth-order valence-corrected chi connectivity index (χ4v) is 3.38. The number of nitrogens with zero attached hydrogens (tertiary/aromatic N) is 2. The van der Waals surface area contributed by atoms with Crippen molar-refractivity contribution >= 4 is 5.84 Å². The van der Waals surface area contributed by atoms with E-state index in [-0.39, 0.29) is 5.92 Å². The molecule has 1 saturated heterocycles. The van der Waals surface area contributed by atoms with E-state index in [1.807, 2.05) is 6.92 Å². The maximum Gasteiger partial charge on any atom is 0.143 e. The molecule has 104 valence electrons. The molecule has 1 heterocycles. The van der Waals surface area contributed by atoms with E-state index in [1.54, 1.807) is 0 Å². The number of hydrogen-bond donors (Lipinski definition) is 3. The Morgan fingerprint density at radius 3 is 3.00 bits per heavy atom. The molecule has 0 amide bonds. The van der Waals surface area contributed by atoms with Crippen LogP contribution in [0.5, 0.6) is 0 Å². The lowest BCUT2D eigenvalue weighted by Gasteiger charge is -2.47. The predicted octanol–water partition coefficient (Wildman–Crippen LogP) is 0.996. The van der Waals surface area contributed by atoms with Gasteiger partial charge in [-0.15, -0.1) is 0 Å². The minimum atomic E-state index is -0.422. The summed E-state index contributed by atoms with van der Waals surface area (Å²) in [4.78, 5) is 2.34. The fraction of sp³-hybridized carbons (Fsp3) is 0.923. The van der Waals surface area contributed by atoms with E-state index in [4.69, 9.17) is 10.9 Å². The Bertz CT molecular complexity index is 321. The van der Waals surface area contributed by atoms with Crippen LogP contribution in [0, 0.1) is 11.8 Å². The van der Waals surface area contributed by atoms with E-state index in [9.17, 15) is 5.11 Å². The van der Waals surface area contributed by atoms with Crippen LogP contribution in [0.25, 0.3) is 0 Å². The van der Waals surface area contributed by atoms with Gasteiger partial charge in [-0.25, -0.2) is 0 Å². The number of rotatable bonds is 3. The number of fused-ring (bicyclic) bond motifs is 1. The van der Waals surface area contributed by atoms with Crippen LogP contribution in [-0.4, -0.2) is 46.3 Å². The summed E-state index contributed by atoms with van der Waals surface area (Å²) in [5.41, 5.74) is 5.19. The molecule has 0 spiro atoms. The van der Waals surface area contributed by atoms with Gasteiger partial charge in [0.1, 0.15) is 5.84 Å². The lowest BCUT2D eigenvalue weighted by molar-refractivity contribution is -0.0960. The third-order valence-corrected chi connectivity index (χ3v) is 4.66. The smallest absolute Gasteiger partial charge is 0.143 e. The Kier molecular flexibility index (Phi) is 4.12. The van der Waals surface area contributed by atoms with Gasteiger partial charge in [-0.3, -0.25) is 0 Å². The summed E-state index contributed by atoms with van der Waals surface area (Å²) in [6, 6.07) is 0. The van der Waals surface area contributed by atoms with E-state index in [1.165, 1.54) is 6.42 Å². The largest absolute Gasteiger partial charge is 0.409 e. The number of hydrogen-bond acceptors (Lipinski definition) is 4. The molecule has 0 aromatic carbocycles. The van der Waals surface area contributed by atoms with Gasteiger partial charge in [0, 0.05) is 31.5 Å². The van der Waals surface area contributed by atoms with Crippen molar-refractivity contribution in [3.05, 3.63) is 0 Å². The molecule has 2 fully saturated rings. The van der Waals surface area contributed by atoms with Crippen molar-refractivity contribution in [2.45, 2.75) is 44.6 Å². The average Bonchev–Trinajstić information content (AvgIpc) is 2.38. The molecule has 0 aromatic rings. The molecule has 2 rings (SSSR count). The van der Waals surface area contributed by atoms with Crippen molar-refractivity contribution in [1.82, 2.24) is 4.90 Å². The monoisotopic (exact) mass is 255 g/mol. The topological polar surface area (TPSA) is 82.1 Å². The molecule has 3 unspecified atom stereocenters. The molecule has 18 heavy (non-hydrogen) atoms. The Morgan fingerprint density at radius 2 is 2.28 bits per heavy atom. The third-order valence-electron chi connectivity index (χ3n) is 4.66. The van der Waals surface area contributed by atoms with Crippen LogP contribution in [0.15, 0.2) is 5.16 Å². The van der Waals surface area contributed by atoms with Crippen molar-refractivity contribution in [1.29, 1.82) is 0 Å². The van der Waals surface area contributed by atoms with Crippen LogP contribution >= 0.6 is 0 Å². The van der Waals surface area contributed by atoms with Crippen LogP contribution in [0.2, 0.25) is 0 Å². The minimum absolute atomic E-state index is 0.0600. The van der Waals surface area contributed by atoms with Crippen molar-refractivity contribution in [3.63, 3.8) is 0 Å². The maximum absolute atomic E-state index is 10.6. The molecular weight excluding hydrogens is 230 g/mol. The Morgan fingerprint density at radius 1 is 1.50 bits per heavy atom. The van der Waals surface area contributed by atoms with E-state index < -0.39 is 5.60 Å². The number of amidine groups is 1. The molecule has 5 heteroatoms. The highest BCUT2D eigenvalue weighted by Crippen LogP contribution is 2.39. The normalized spacial score (nSPS) is 36.1. The first-order chi connectivity index (χ1) is 8.55. The van der Waals surface area contributed by atoms with E-state index in [0.717, 1.165) is 45.3 Å². The molecule has 3 atom stereocenters. The second kappa shape index (κ2) is 5.45. The standard InChI is InChI=1S/C13H25N3O2/c1-10(12(14)15-18)8-16-7-6-13(17)5-3-2-4-11(13)9-16/h10-11,17-18H,2-9H2,1H3,(H2,14,15). The van der Waals surface area contributed by atoms with Gasteiger partial charge in [-0.2, -0.15) is 0 Å². The van der Waals surface area contributed by atoms with Gasteiger partial charge in [-0.05, 0) is 19.3 Å². The van der Waals surface area contributed by atoms with Crippen LogP contribution in [0.4, 0.5) is 0 Å². The first kappa shape index (κ1) is 13.6. The molecule has 0 aromatic heterocycles. The highest BCUT2D eigenvalue weighted by Gasteiger charge is 2.42. The SMILES string of the molecule is CC(CN1CCC2(O)CCCCC2C1)C(N)=NO. The molecule has 0 bridgehead atoms. The zero-order chi connectivity index (χ0) is 13.2. The summed E-state index contributed by atoms with van der Waals surface area (Å²) in [5, 5.41) is 22.3. The predicted molar refractivity (Wildman–Crippen MR) is 70.5 cm³/mol. The summed E-state index contributed by atoms with van der Waals surface area (Å²) < 4.78 is 0. The Labute approximate surface area is 109 Å². The van der Waals surface area contributed by atoms with Crippen LogP contribution in [-0.2, 0) is 0 Å². The number of aliphatic hydroxyl groups is 1. The van der Waals surface area contributed by atoms with Gasteiger partial charge in [-0.1, -0.05) is 24.9 Å². The average molecular weight is 255 g/mol. The highest BCUT2D eigenvalue weighted by molar-refractivity contribution is 5.82. The summed E-state index contributed by atoms with van der Waals surface area (Å²) in [6.45, 7) is 4.63. The number of likely N-dealkylation sites (tertiary alicyclic amines) is 1. The molecule has 2 aliphatic rings. The second-order valence-corrected chi connectivity index (χ2v) is 5.98. The number of nitrogens with two attached hydrogens (primary N) is 1. The molecule has 4 N–H and O–H groups in total. The maximum atomic E-state index is 10.6.